The lowest BCUT2D eigenvalue weighted by Gasteiger charge is -2.21. The topological polar surface area (TPSA) is 38.2 Å². The van der Waals surface area contributed by atoms with E-state index in [1.54, 1.807) is 7.11 Å². The van der Waals surface area contributed by atoms with Crippen LogP contribution >= 0.6 is 11.6 Å². The highest BCUT2D eigenvalue weighted by Crippen LogP contribution is 2.16. The van der Waals surface area contributed by atoms with Crippen molar-refractivity contribution in [3.05, 3.63) is 17.5 Å². The summed E-state index contributed by atoms with van der Waals surface area (Å²) in [6.45, 7) is 7.42. The van der Waals surface area contributed by atoms with Crippen LogP contribution in [0.15, 0.2) is 6.07 Å². The molecule has 18 heavy (non-hydrogen) atoms. The number of anilines is 1. The number of rotatable bonds is 6. The Kier molecular flexibility index (Phi) is 5.82. The first-order valence-electron chi connectivity index (χ1n) is 6.13. The highest BCUT2D eigenvalue weighted by Gasteiger charge is 2.13. The molecule has 1 atom stereocenters. The average Bonchev–Trinajstić information content (AvgIpc) is 2.28. The van der Waals surface area contributed by atoms with Gasteiger partial charge in [-0.05, 0) is 18.9 Å². The quantitative estimate of drug-likeness (QED) is 0.746. The Morgan fingerprint density at radius 3 is 2.61 bits per heavy atom. The molecule has 0 saturated heterocycles. The number of methoxy groups -OCH3 is 1. The molecule has 5 heteroatoms. The Balaban J connectivity index is 2.81. The summed E-state index contributed by atoms with van der Waals surface area (Å²) in [5.74, 6) is 1.12. The van der Waals surface area contributed by atoms with Crippen molar-refractivity contribution in [2.24, 2.45) is 0 Å². The van der Waals surface area contributed by atoms with E-state index in [-0.39, 0.29) is 5.38 Å². The Morgan fingerprint density at radius 1 is 1.39 bits per heavy atom. The summed E-state index contributed by atoms with van der Waals surface area (Å²) in [5, 5.41) is -0.0633. The third-order valence-corrected chi connectivity index (χ3v) is 2.88. The minimum absolute atomic E-state index is 0.0633. The second-order valence-corrected chi connectivity index (χ2v) is 5.44. The molecule has 0 bridgehead atoms. The van der Waals surface area contributed by atoms with Crippen molar-refractivity contribution in [1.82, 2.24) is 9.97 Å². The lowest BCUT2D eigenvalue weighted by atomic mass is 10.1. The van der Waals surface area contributed by atoms with Crippen LogP contribution in [0.25, 0.3) is 0 Å². The monoisotopic (exact) mass is 271 g/mol. The van der Waals surface area contributed by atoms with Crippen molar-refractivity contribution in [3.63, 3.8) is 0 Å². The van der Waals surface area contributed by atoms with E-state index in [4.69, 9.17) is 16.3 Å². The summed E-state index contributed by atoms with van der Waals surface area (Å²) < 4.78 is 5.03. The van der Waals surface area contributed by atoms with E-state index < -0.39 is 0 Å². The number of ether oxygens (including phenoxy) is 1. The van der Waals surface area contributed by atoms with Crippen LogP contribution in [-0.2, 0) is 4.74 Å². The van der Waals surface area contributed by atoms with Crippen LogP contribution in [0.3, 0.4) is 0 Å². The van der Waals surface area contributed by atoms with Gasteiger partial charge in [-0.25, -0.2) is 9.97 Å². The number of hydrogen-bond acceptors (Lipinski definition) is 4. The maximum Gasteiger partial charge on any atom is 0.225 e. The van der Waals surface area contributed by atoms with Crippen molar-refractivity contribution >= 4 is 17.5 Å². The summed E-state index contributed by atoms with van der Waals surface area (Å²) >= 11 is 6.15. The van der Waals surface area contributed by atoms with Crippen molar-refractivity contribution in [1.29, 1.82) is 0 Å². The predicted molar refractivity (Wildman–Crippen MR) is 75.6 cm³/mol. The molecule has 102 valence electrons. The maximum atomic E-state index is 6.15. The van der Waals surface area contributed by atoms with Gasteiger partial charge in [0.15, 0.2) is 0 Å². The van der Waals surface area contributed by atoms with Crippen LogP contribution in [0.4, 0.5) is 5.95 Å². The second-order valence-electron chi connectivity index (χ2n) is 4.82. The zero-order chi connectivity index (χ0) is 13.7. The van der Waals surface area contributed by atoms with Crippen LogP contribution in [0.2, 0.25) is 0 Å². The first-order chi connectivity index (χ1) is 8.43. The van der Waals surface area contributed by atoms with Crippen molar-refractivity contribution < 1.29 is 4.74 Å². The molecule has 1 aromatic heterocycles. The third kappa shape index (κ3) is 4.42. The normalized spacial score (nSPS) is 12.8. The molecule has 0 spiro atoms. The summed E-state index contributed by atoms with van der Waals surface area (Å²) in [4.78, 5) is 11.0. The van der Waals surface area contributed by atoms with Crippen LogP contribution in [0, 0.1) is 6.92 Å². The molecular formula is C13H22ClN3O. The van der Waals surface area contributed by atoms with Crippen molar-refractivity contribution in [3.8, 4) is 0 Å². The van der Waals surface area contributed by atoms with Gasteiger partial charge in [-0.15, -0.1) is 11.6 Å². The standard InChI is InChI=1S/C13H22ClN3O/c1-9(2)12-6-10(3)15-13(16-12)17(4)7-11(14)8-18-5/h6,9,11H,7-8H2,1-5H3. The molecular weight excluding hydrogens is 250 g/mol. The molecule has 1 unspecified atom stereocenters. The largest absolute Gasteiger partial charge is 0.383 e. The highest BCUT2D eigenvalue weighted by atomic mass is 35.5. The van der Waals surface area contributed by atoms with Crippen LogP contribution in [-0.4, -0.2) is 42.7 Å². The fourth-order valence-electron chi connectivity index (χ4n) is 1.66. The maximum absolute atomic E-state index is 6.15. The van der Waals surface area contributed by atoms with Crippen molar-refractivity contribution in [2.45, 2.75) is 32.1 Å². The molecule has 4 nitrogen and oxygen atoms in total. The molecule has 0 saturated carbocycles. The van der Waals surface area contributed by atoms with Gasteiger partial charge >= 0.3 is 0 Å². The number of halogens is 1. The minimum atomic E-state index is -0.0633. The van der Waals surface area contributed by atoms with E-state index >= 15 is 0 Å². The van der Waals surface area contributed by atoms with Crippen LogP contribution < -0.4 is 4.90 Å². The smallest absolute Gasteiger partial charge is 0.225 e. The van der Waals surface area contributed by atoms with Gasteiger partial charge in [0.25, 0.3) is 0 Å². The van der Waals surface area contributed by atoms with Crippen molar-refractivity contribution in [2.75, 3.05) is 32.2 Å². The number of aryl methyl sites for hydroxylation is 1. The first kappa shape index (κ1) is 15.2. The van der Waals surface area contributed by atoms with E-state index in [9.17, 15) is 0 Å². The first-order valence-corrected chi connectivity index (χ1v) is 6.57. The minimum Gasteiger partial charge on any atom is -0.383 e. The zero-order valence-electron chi connectivity index (χ0n) is 11.8. The lowest BCUT2D eigenvalue weighted by molar-refractivity contribution is 0.199. The fourth-order valence-corrected chi connectivity index (χ4v) is 1.99. The van der Waals surface area contributed by atoms with Gasteiger partial charge in [0.2, 0.25) is 5.95 Å². The third-order valence-electron chi connectivity index (χ3n) is 2.61. The molecule has 0 N–H and O–H groups in total. The number of aromatic nitrogens is 2. The molecule has 0 aliphatic carbocycles. The molecule has 0 radical (unpaired) electrons. The van der Waals surface area contributed by atoms with Gasteiger partial charge in [0.05, 0.1) is 12.0 Å². The molecule has 0 fully saturated rings. The predicted octanol–water partition coefficient (Wildman–Crippen LogP) is 2.60. The van der Waals surface area contributed by atoms with Crippen LogP contribution in [0.1, 0.15) is 31.2 Å². The van der Waals surface area contributed by atoms with Crippen LogP contribution in [0.5, 0.6) is 0 Å². The van der Waals surface area contributed by atoms with Gasteiger partial charge in [-0.2, -0.15) is 0 Å². The number of nitrogens with zero attached hydrogens (tertiary/aromatic N) is 3. The van der Waals surface area contributed by atoms with Gasteiger partial charge in [-0.1, -0.05) is 13.8 Å². The molecule has 0 aromatic carbocycles. The molecule has 0 amide bonds. The lowest BCUT2D eigenvalue weighted by Crippen LogP contribution is -2.30. The Hall–Kier alpha value is -0.870. The summed E-state index contributed by atoms with van der Waals surface area (Å²) in [7, 11) is 3.60. The van der Waals surface area contributed by atoms with Gasteiger partial charge < -0.3 is 9.64 Å². The molecule has 0 aliphatic rings. The molecule has 1 heterocycles. The van der Waals surface area contributed by atoms with Gasteiger partial charge in [-0.3, -0.25) is 0 Å². The molecule has 1 aromatic rings. The average molecular weight is 272 g/mol. The Bertz CT molecular complexity index is 384. The van der Waals surface area contributed by atoms with E-state index in [1.165, 1.54) is 0 Å². The van der Waals surface area contributed by atoms with Gasteiger partial charge in [0, 0.05) is 32.1 Å². The Labute approximate surface area is 114 Å². The van der Waals surface area contributed by atoms with E-state index in [0.29, 0.717) is 19.1 Å². The van der Waals surface area contributed by atoms with E-state index in [1.807, 2.05) is 24.9 Å². The van der Waals surface area contributed by atoms with Gasteiger partial charge in [0.1, 0.15) is 0 Å². The zero-order valence-corrected chi connectivity index (χ0v) is 12.5. The SMILES string of the molecule is COCC(Cl)CN(C)c1nc(C)cc(C(C)C)n1. The summed E-state index contributed by atoms with van der Waals surface area (Å²) in [5.41, 5.74) is 2.04. The molecule has 1 rings (SSSR count). The fraction of sp³-hybridized carbons (Fsp3) is 0.692. The summed E-state index contributed by atoms with van der Waals surface area (Å²) in [6.07, 6.45) is 0. The Morgan fingerprint density at radius 2 is 2.06 bits per heavy atom. The second kappa shape index (κ2) is 6.90. The van der Waals surface area contributed by atoms with E-state index in [0.717, 1.165) is 17.3 Å². The summed E-state index contributed by atoms with van der Waals surface area (Å²) in [6, 6.07) is 2.02. The number of alkyl halides is 1. The highest BCUT2D eigenvalue weighted by molar-refractivity contribution is 6.21. The molecule has 0 aliphatic heterocycles. The number of hydrogen-bond donors (Lipinski definition) is 0. The van der Waals surface area contributed by atoms with E-state index in [2.05, 4.69) is 23.8 Å².